The number of methoxy groups -OCH3 is 1. The highest BCUT2D eigenvalue weighted by atomic mass is 32.1. The lowest BCUT2D eigenvalue weighted by molar-refractivity contribution is 0.0600. The SMILES string of the molecule is CCCCc1ncc(C(=O)N(Cc2cc(C)sc2C)c2nn[nH]n2)n1Cc1ccc(C(=O)OC)cc1. The summed E-state index contributed by atoms with van der Waals surface area (Å²) in [6.07, 6.45) is 4.33. The van der Waals surface area contributed by atoms with Gasteiger partial charge in [0, 0.05) is 22.7 Å². The lowest BCUT2D eigenvalue weighted by Gasteiger charge is -2.20. The second-order valence-electron chi connectivity index (χ2n) is 8.48. The second-order valence-corrected chi connectivity index (χ2v) is 9.94. The van der Waals surface area contributed by atoms with E-state index in [-0.39, 0.29) is 11.9 Å². The molecule has 11 heteroatoms. The van der Waals surface area contributed by atoms with Crippen LogP contribution in [0.5, 0.6) is 0 Å². The minimum atomic E-state index is -0.390. The molecule has 1 N–H and O–H groups in total. The summed E-state index contributed by atoms with van der Waals surface area (Å²) in [6.45, 7) is 6.95. The highest BCUT2D eigenvalue weighted by Gasteiger charge is 2.27. The van der Waals surface area contributed by atoms with Gasteiger partial charge in [-0.25, -0.2) is 9.78 Å². The van der Waals surface area contributed by atoms with Crippen molar-refractivity contribution in [3.8, 4) is 0 Å². The molecule has 10 nitrogen and oxygen atoms in total. The molecule has 0 aliphatic rings. The number of H-pyrrole nitrogens is 1. The number of carbonyl (C=O) groups excluding carboxylic acids is 2. The van der Waals surface area contributed by atoms with Gasteiger partial charge in [-0.3, -0.25) is 9.69 Å². The van der Waals surface area contributed by atoms with E-state index in [0.29, 0.717) is 24.3 Å². The molecule has 0 aliphatic heterocycles. The van der Waals surface area contributed by atoms with Gasteiger partial charge in [-0.2, -0.15) is 5.21 Å². The number of imidazole rings is 1. The van der Waals surface area contributed by atoms with Gasteiger partial charge in [-0.15, -0.1) is 16.4 Å². The van der Waals surface area contributed by atoms with Crippen LogP contribution in [-0.4, -0.2) is 49.2 Å². The number of tetrazole rings is 1. The van der Waals surface area contributed by atoms with Crippen molar-refractivity contribution in [2.45, 2.75) is 53.1 Å². The Morgan fingerprint density at radius 3 is 2.58 bits per heavy atom. The number of anilines is 1. The summed E-state index contributed by atoms with van der Waals surface area (Å²) in [5.74, 6) is 0.376. The predicted octanol–water partition coefficient (Wildman–Crippen LogP) is 4.10. The molecule has 0 spiro atoms. The summed E-state index contributed by atoms with van der Waals surface area (Å²) in [7, 11) is 1.36. The summed E-state index contributed by atoms with van der Waals surface area (Å²) in [5, 5.41) is 14.3. The second kappa shape index (κ2) is 11.3. The van der Waals surface area contributed by atoms with E-state index in [0.717, 1.165) is 41.1 Å². The van der Waals surface area contributed by atoms with Crippen LogP contribution in [0, 0.1) is 13.8 Å². The highest BCUT2D eigenvalue weighted by molar-refractivity contribution is 7.12. The van der Waals surface area contributed by atoms with Gasteiger partial charge in [-0.1, -0.05) is 30.6 Å². The molecule has 0 radical (unpaired) electrons. The standard InChI is InChI=1S/C25H29N7O3S/c1-5-6-7-22-26-13-21(31(22)14-18-8-10-19(11-9-18)24(34)35-4)23(33)32(25-27-29-30-28-25)15-20-12-16(2)36-17(20)3/h8-13H,5-7,14-15H2,1-4H3,(H,27,28,29,30). The Morgan fingerprint density at radius 1 is 1.19 bits per heavy atom. The molecule has 188 valence electrons. The van der Waals surface area contributed by atoms with Crippen LogP contribution in [0.1, 0.15) is 67.3 Å². The van der Waals surface area contributed by atoms with E-state index in [1.165, 1.54) is 16.9 Å². The van der Waals surface area contributed by atoms with E-state index < -0.39 is 5.97 Å². The first kappa shape index (κ1) is 25.2. The van der Waals surface area contributed by atoms with Crippen LogP contribution < -0.4 is 4.90 Å². The number of carbonyl (C=O) groups is 2. The van der Waals surface area contributed by atoms with Crippen molar-refractivity contribution in [3.63, 3.8) is 0 Å². The number of aromatic nitrogens is 6. The monoisotopic (exact) mass is 507 g/mol. The summed E-state index contributed by atoms with van der Waals surface area (Å²) < 4.78 is 6.73. The van der Waals surface area contributed by atoms with Crippen LogP contribution >= 0.6 is 11.3 Å². The number of unbranched alkanes of at least 4 members (excludes halogenated alkanes) is 1. The molecular weight excluding hydrogens is 478 g/mol. The first-order chi connectivity index (χ1) is 17.4. The number of thiophene rings is 1. The molecule has 0 saturated heterocycles. The van der Waals surface area contributed by atoms with E-state index in [1.54, 1.807) is 29.7 Å². The number of rotatable bonds is 10. The Labute approximate surface area is 213 Å². The van der Waals surface area contributed by atoms with Crippen LogP contribution in [0.2, 0.25) is 0 Å². The van der Waals surface area contributed by atoms with E-state index in [1.807, 2.05) is 30.5 Å². The van der Waals surface area contributed by atoms with Gasteiger partial charge in [0.05, 0.1) is 25.4 Å². The predicted molar refractivity (Wildman–Crippen MR) is 136 cm³/mol. The number of aryl methyl sites for hydroxylation is 3. The molecule has 3 aromatic heterocycles. The van der Waals surface area contributed by atoms with E-state index >= 15 is 0 Å². The molecule has 4 aromatic rings. The van der Waals surface area contributed by atoms with Crippen molar-refractivity contribution >= 4 is 29.2 Å². The topological polar surface area (TPSA) is 119 Å². The van der Waals surface area contributed by atoms with Crippen molar-refractivity contribution in [2.75, 3.05) is 12.0 Å². The van der Waals surface area contributed by atoms with Gasteiger partial charge in [0.15, 0.2) is 0 Å². The average Bonchev–Trinajstić information content (AvgIpc) is 3.61. The minimum Gasteiger partial charge on any atom is -0.465 e. The van der Waals surface area contributed by atoms with Crippen molar-refractivity contribution in [2.24, 2.45) is 0 Å². The number of esters is 1. The fourth-order valence-corrected chi connectivity index (χ4v) is 4.93. The van der Waals surface area contributed by atoms with Gasteiger partial charge < -0.3 is 9.30 Å². The number of hydrogen-bond acceptors (Lipinski definition) is 8. The average molecular weight is 508 g/mol. The molecule has 0 aliphatic carbocycles. The normalized spacial score (nSPS) is 11.0. The molecule has 36 heavy (non-hydrogen) atoms. The van der Waals surface area contributed by atoms with Gasteiger partial charge in [-0.05, 0) is 54.8 Å². The molecule has 0 bridgehead atoms. The maximum absolute atomic E-state index is 13.9. The number of benzene rings is 1. The van der Waals surface area contributed by atoms with Gasteiger partial charge in [0.1, 0.15) is 11.5 Å². The van der Waals surface area contributed by atoms with Crippen LogP contribution in [0.25, 0.3) is 0 Å². The number of hydrogen-bond donors (Lipinski definition) is 1. The lowest BCUT2D eigenvalue weighted by atomic mass is 10.1. The molecular formula is C25H29N7O3S. The number of ether oxygens (including phenoxy) is 1. The highest BCUT2D eigenvalue weighted by Crippen LogP contribution is 2.25. The largest absolute Gasteiger partial charge is 0.465 e. The third-order valence-corrected chi connectivity index (χ3v) is 6.93. The van der Waals surface area contributed by atoms with E-state index in [2.05, 4.69) is 38.6 Å². The van der Waals surface area contributed by atoms with Crippen LogP contribution in [-0.2, 0) is 24.2 Å². The fraction of sp³-hybridized carbons (Fsp3) is 0.360. The lowest BCUT2D eigenvalue weighted by Crippen LogP contribution is -2.33. The molecule has 4 rings (SSSR count). The quantitative estimate of drug-likeness (QED) is 0.321. The van der Waals surface area contributed by atoms with Gasteiger partial charge in [0.25, 0.3) is 11.9 Å². The first-order valence-electron chi connectivity index (χ1n) is 11.7. The van der Waals surface area contributed by atoms with Crippen molar-refractivity contribution in [1.29, 1.82) is 0 Å². The van der Waals surface area contributed by atoms with Crippen LogP contribution in [0.4, 0.5) is 5.95 Å². The molecule has 1 aromatic carbocycles. The number of nitrogens with one attached hydrogen (secondary N) is 1. The molecule has 0 unspecified atom stereocenters. The molecule has 1 amide bonds. The number of amides is 1. The molecule has 0 atom stereocenters. The Bertz CT molecular complexity index is 1330. The minimum absolute atomic E-state index is 0.202. The number of aromatic amines is 1. The summed E-state index contributed by atoms with van der Waals surface area (Å²) in [5.41, 5.74) is 2.88. The summed E-state index contributed by atoms with van der Waals surface area (Å²) in [4.78, 5) is 34.2. The Kier molecular flexibility index (Phi) is 7.89. The van der Waals surface area contributed by atoms with Crippen LogP contribution in [0.15, 0.2) is 36.5 Å². The Morgan fingerprint density at radius 2 is 1.97 bits per heavy atom. The maximum atomic E-state index is 13.9. The molecule has 0 saturated carbocycles. The van der Waals surface area contributed by atoms with Crippen LogP contribution in [0.3, 0.4) is 0 Å². The van der Waals surface area contributed by atoms with Gasteiger partial charge >= 0.3 is 5.97 Å². The van der Waals surface area contributed by atoms with Crippen molar-refractivity contribution in [1.82, 2.24) is 30.2 Å². The zero-order chi connectivity index (χ0) is 25.7. The summed E-state index contributed by atoms with van der Waals surface area (Å²) >= 11 is 1.69. The Hall–Kier alpha value is -3.86. The summed E-state index contributed by atoms with van der Waals surface area (Å²) in [6, 6.07) is 9.24. The zero-order valence-electron chi connectivity index (χ0n) is 20.8. The molecule has 0 fully saturated rings. The number of nitrogens with zero attached hydrogens (tertiary/aromatic N) is 6. The maximum Gasteiger partial charge on any atom is 0.337 e. The third kappa shape index (κ3) is 5.51. The fourth-order valence-electron chi connectivity index (χ4n) is 4.00. The van der Waals surface area contributed by atoms with E-state index in [4.69, 9.17) is 4.74 Å². The van der Waals surface area contributed by atoms with Crippen molar-refractivity contribution < 1.29 is 14.3 Å². The zero-order valence-corrected chi connectivity index (χ0v) is 21.6. The van der Waals surface area contributed by atoms with Gasteiger partial charge in [0.2, 0.25) is 0 Å². The smallest absolute Gasteiger partial charge is 0.337 e. The first-order valence-corrected chi connectivity index (χ1v) is 12.6. The third-order valence-electron chi connectivity index (χ3n) is 5.92. The molecule has 3 heterocycles. The Balaban J connectivity index is 1.69. The van der Waals surface area contributed by atoms with Crippen molar-refractivity contribution in [3.05, 3.63) is 74.5 Å². The van der Waals surface area contributed by atoms with E-state index in [9.17, 15) is 9.59 Å².